The second kappa shape index (κ2) is 5.58. The van der Waals surface area contributed by atoms with Crippen LogP contribution in [0.2, 0.25) is 0 Å². The molecule has 3 heteroatoms. The molecule has 0 spiro atoms. The summed E-state index contributed by atoms with van der Waals surface area (Å²) in [4.78, 5) is 2.39. The molecule has 1 fully saturated rings. The van der Waals surface area contributed by atoms with Gasteiger partial charge in [0.15, 0.2) is 0 Å². The molecule has 0 aromatic carbocycles. The van der Waals surface area contributed by atoms with E-state index in [0.717, 1.165) is 19.1 Å². The monoisotopic (exact) mass is 185 g/mol. The summed E-state index contributed by atoms with van der Waals surface area (Å²) in [5.41, 5.74) is 5.56. The second-order valence-electron chi connectivity index (χ2n) is 4.33. The molecule has 1 rings (SSSR count). The summed E-state index contributed by atoms with van der Waals surface area (Å²) >= 11 is 0. The lowest BCUT2D eigenvalue weighted by Crippen LogP contribution is -2.42. The number of hydrogen-bond donors (Lipinski definition) is 2. The molecular formula is C10H23N3. The highest BCUT2D eigenvalue weighted by molar-refractivity contribution is 4.76. The van der Waals surface area contributed by atoms with Gasteiger partial charge in [-0.25, -0.2) is 0 Å². The minimum absolute atomic E-state index is 0.611. The van der Waals surface area contributed by atoms with Crippen LogP contribution in [0.15, 0.2) is 0 Å². The van der Waals surface area contributed by atoms with Crippen LogP contribution >= 0.6 is 0 Å². The van der Waals surface area contributed by atoms with Gasteiger partial charge in [0.25, 0.3) is 0 Å². The molecule has 1 aliphatic rings. The van der Waals surface area contributed by atoms with Crippen LogP contribution in [0.5, 0.6) is 0 Å². The zero-order chi connectivity index (χ0) is 9.68. The Bertz CT molecular complexity index is 130. The van der Waals surface area contributed by atoms with Crippen LogP contribution in [0.4, 0.5) is 0 Å². The number of likely N-dealkylation sites (tertiary alicyclic amines) is 1. The van der Waals surface area contributed by atoms with Crippen molar-refractivity contribution in [3.05, 3.63) is 0 Å². The average Bonchev–Trinajstić information content (AvgIpc) is 2.16. The summed E-state index contributed by atoms with van der Waals surface area (Å²) in [6.07, 6.45) is 2.57. The van der Waals surface area contributed by atoms with E-state index in [-0.39, 0.29) is 0 Å². The highest BCUT2D eigenvalue weighted by Gasteiger charge is 2.15. The Morgan fingerprint density at radius 2 is 2.08 bits per heavy atom. The Balaban J connectivity index is 2.08. The first-order valence-corrected chi connectivity index (χ1v) is 5.34. The molecule has 0 aromatic rings. The van der Waals surface area contributed by atoms with Gasteiger partial charge < -0.3 is 16.0 Å². The van der Waals surface area contributed by atoms with Gasteiger partial charge in [-0.2, -0.15) is 0 Å². The number of nitrogens with two attached hydrogens (primary N) is 1. The van der Waals surface area contributed by atoms with Crippen molar-refractivity contribution in [1.29, 1.82) is 0 Å². The third kappa shape index (κ3) is 4.07. The van der Waals surface area contributed by atoms with E-state index in [0.29, 0.717) is 5.92 Å². The van der Waals surface area contributed by atoms with Gasteiger partial charge >= 0.3 is 0 Å². The van der Waals surface area contributed by atoms with Gasteiger partial charge in [-0.15, -0.1) is 0 Å². The van der Waals surface area contributed by atoms with Gasteiger partial charge in [0.2, 0.25) is 0 Å². The number of nitrogens with zero attached hydrogens (tertiary/aromatic N) is 1. The molecule has 1 heterocycles. The number of piperidine rings is 1. The van der Waals surface area contributed by atoms with Crippen LogP contribution in [0.25, 0.3) is 0 Å². The van der Waals surface area contributed by atoms with Crippen molar-refractivity contribution in [2.75, 3.05) is 33.2 Å². The number of nitrogens with one attached hydrogen (secondary N) is 1. The first-order valence-electron chi connectivity index (χ1n) is 5.34. The molecule has 3 N–H and O–H groups in total. The quantitative estimate of drug-likeness (QED) is 0.660. The Kier molecular flexibility index (Phi) is 4.70. The molecular weight excluding hydrogens is 162 g/mol. The fourth-order valence-corrected chi connectivity index (χ4v) is 1.66. The highest BCUT2D eigenvalue weighted by Crippen LogP contribution is 2.08. The maximum Gasteiger partial charge on any atom is 0.00915 e. The standard InChI is InChI=1S/C10H23N3/c1-9(7-11)8-12-10-3-5-13(2)6-4-10/h9-10,12H,3-8,11H2,1-2H3. The van der Waals surface area contributed by atoms with E-state index in [1.165, 1.54) is 25.9 Å². The van der Waals surface area contributed by atoms with Crippen molar-refractivity contribution < 1.29 is 0 Å². The molecule has 0 radical (unpaired) electrons. The maximum absolute atomic E-state index is 5.56. The molecule has 1 saturated heterocycles. The summed E-state index contributed by atoms with van der Waals surface area (Å²) in [6, 6.07) is 0.727. The first kappa shape index (κ1) is 11.0. The van der Waals surface area contributed by atoms with Crippen LogP contribution in [0.1, 0.15) is 19.8 Å². The summed E-state index contributed by atoms with van der Waals surface area (Å²) in [5.74, 6) is 0.611. The van der Waals surface area contributed by atoms with E-state index >= 15 is 0 Å². The largest absolute Gasteiger partial charge is 0.330 e. The zero-order valence-electron chi connectivity index (χ0n) is 8.92. The van der Waals surface area contributed by atoms with Crippen LogP contribution in [-0.4, -0.2) is 44.2 Å². The van der Waals surface area contributed by atoms with E-state index in [2.05, 4.69) is 24.2 Å². The van der Waals surface area contributed by atoms with Gasteiger partial charge in [0.1, 0.15) is 0 Å². The van der Waals surface area contributed by atoms with E-state index < -0.39 is 0 Å². The highest BCUT2D eigenvalue weighted by atomic mass is 15.1. The Labute approximate surface area is 81.7 Å². The Morgan fingerprint density at radius 3 is 2.62 bits per heavy atom. The minimum atomic E-state index is 0.611. The maximum atomic E-state index is 5.56. The SMILES string of the molecule is CC(CN)CNC1CCN(C)CC1. The van der Waals surface area contributed by atoms with Crippen LogP contribution in [0.3, 0.4) is 0 Å². The fourth-order valence-electron chi connectivity index (χ4n) is 1.66. The third-order valence-electron chi connectivity index (χ3n) is 2.88. The van der Waals surface area contributed by atoms with E-state index in [9.17, 15) is 0 Å². The Hall–Kier alpha value is -0.120. The molecule has 0 aliphatic carbocycles. The van der Waals surface area contributed by atoms with Crippen molar-refractivity contribution in [3.63, 3.8) is 0 Å². The first-order chi connectivity index (χ1) is 6.22. The van der Waals surface area contributed by atoms with Gasteiger partial charge in [-0.1, -0.05) is 6.92 Å². The van der Waals surface area contributed by atoms with Crippen molar-refractivity contribution >= 4 is 0 Å². The van der Waals surface area contributed by atoms with Crippen LogP contribution < -0.4 is 11.1 Å². The molecule has 0 bridgehead atoms. The summed E-state index contributed by atoms with van der Waals surface area (Å²) in [5, 5.41) is 3.59. The van der Waals surface area contributed by atoms with E-state index in [1.54, 1.807) is 0 Å². The molecule has 3 nitrogen and oxygen atoms in total. The predicted octanol–water partition coefficient (Wildman–Crippen LogP) is 0.265. The zero-order valence-corrected chi connectivity index (χ0v) is 8.92. The van der Waals surface area contributed by atoms with Gasteiger partial charge in [0.05, 0.1) is 0 Å². The molecule has 13 heavy (non-hydrogen) atoms. The van der Waals surface area contributed by atoms with Crippen molar-refractivity contribution in [3.8, 4) is 0 Å². The molecule has 0 saturated carbocycles. The average molecular weight is 185 g/mol. The molecule has 1 atom stereocenters. The molecule has 78 valence electrons. The third-order valence-corrected chi connectivity index (χ3v) is 2.88. The van der Waals surface area contributed by atoms with Gasteiger partial charge in [0, 0.05) is 6.04 Å². The van der Waals surface area contributed by atoms with Crippen molar-refractivity contribution in [2.24, 2.45) is 11.7 Å². The number of hydrogen-bond acceptors (Lipinski definition) is 3. The van der Waals surface area contributed by atoms with Crippen molar-refractivity contribution in [2.45, 2.75) is 25.8 Å². The second-order valence-corrected chi connectivity index (χ2v) is 4.33. The summed E-state index contributed by atoms with van der Waals surface area (Å²) in [7, 11) is 2.19. The van der Waals surface area contributed by atoms with Crippen LogP contribution in [-0.2, 0) is 0 Å². The van der Waals surface area contributed by atoms with E-state index in [4.69, 9.17) is 5.73 Å². The van der Waals surface area contributed by atoms with Gasteiger partial charge in [-0.05, 0) is 52.0 Å². The van der Waals surface area contributed by atoms with Crippen molar-refractivity contribution in [1.82, 2.24) is 10.2 Å². The van der Waals surface area contributed by atoms with Crippen LogP contribution in [0, 0.1) is 5.92 Å². The van der Waals surface area contributed by atoms with Gasteiger partial charge in [-0.3, -0.25) is 0 Å². The summed E-state index contributed by atoms with van der Waals surface area (Å²) in [6.45, 7) is 6.52. The molecule has 1 aliphatic heterocycles. The topological polar surface area (TPSA) is 41.3 Å². The lowest BCUT2D eigenvalue weighted by molar-refractivity contribution is 0.231. The van der Waals surface area contributed by atoms with E-state index in [1.807, 2.05) is 0 Å². The number of rotatable bonds is 4. The smallest absolute Gasteiger partial charge is 0.00915 e. The summed E-state index contributed by atoms with van der Waals surface area (Å²) < 4.78 is 0. The predicted molar refractivity (Wildman–Crippen MR) is 56.7 cm³/mol. The minimum Gasteiger partial charge on any atom is -0.330 e. The molecule has 0 amide bonds. The lowest BCUT2D eigenvalue weighted by Gasteiger charge is -2.30. The fraction of sp³-hybridized carbons (Fsp3) is 1.00. The lowest BCUT2D eigenvalue weighted by atomic mass is 10.0. The molecule has 1 unspecified atom stereocenters. The molecule has 0 aromatic heterocycles. The normalized spacial score (nSPS) is 23.3. The Morgan fingerprint density at radius 1 is 1.46 bits per heavy atom.